The Labute approximate surface area is 111 Å². The molecule has 18 heavy (non-hydrogen) atoms. The van der Waals surface area contributed by atoms with Crippen LogP contribution in [-0.2, 0) is 14.8 Å². The van der Waals surface area contributed by atoms with E-state index in [1.807, 2.05) is 0 Å². The second-order valence-electron chi connectivity index (χ2n) is 3.96. The maximum absolute atomic E-state index is 11.4. The number of alkyl halides is 1. The van der Waals surface area contributed by atoms with E-state index in [2.05, 4.69) is 5.32 Å². The molecule has 7 heteroatoms. The zero-order chi connectivity index (χ0) is 13.9. The molecule has 1 aromatic carbocycles. The number of carbonyl (C=O) groups excluding carboxylic acids is 1. The van der Waals surface area contributed by atoms with Crippen LogP contribution in [0.15, 0.2) is 29.2 Å². The highest BCUT2D eigenvalue weighted by Crippen LogP contribution is 2.15. The van der Waals surface area contributed by atoms with Crippen LogP contribution in [0.5, 0.6) is 0 Å². The van der Waals surface area contributed by atoms with Gasteiger partial charge in [-0.3, -0.25) is 4.79 Å². The molecule has 0 unspecified atom stereocenters. The van der Waals surface area contributed by atoms with Gasteiger partial charge in [0.05, 0.1) is 10.9 Å². The lowest BCUT2D eigenvalue weighted by Crippen LogP contribution is -2.31. The number of amides is 1. The molecule has 0 fully saturated rings. The van der Waals surface area contributed by atoms with E-state index in [9.17, 15) is 13.2 Å². The predicted molar refractivity (Wildman–Crippen MR) is 69.7 cm³/mol. The molecular formula is C11H15ClN2O3S. The van der Waals surface area contributed by atoms with Gasteiger partial charge in [0.25, 0.3) is 0 Å². The van der Waals surface area contributed by atoms with Gasteiger partial charge in [-0.15, -0.1) is 11.6 Å². The first-order chi connectivity index (χ1) is 8.21. The van der Waals surface area contributed by atoms with Gasteiger partial charge in [0.15, 0.2) is 0 Å². The lowest BCUT2D eigenvalue weighted by atomic mass is 10.1. The van der Waals surface area contributed by atoms with Crippen molar-refractivity contribution in [2.24, 2.45) is 5.14 Å². The molecule has 0 bridgehead atoms. The van der Waals surface area contributed by atoms with Gasteiger partial charge in [-0.1, -0.05) is 12.1 Å². The zero-order valence-corrected chi connectivity index (χ0v) is 11.6. The molecule has 0 saturated carbocycles. The van der Waals surface area contributed by atoms with Gasteiger partial charge >= 0.3 is 0 Å². The average Bonchev–Trinajstić information content (AvgIpc) is 2.27. The Bertz CT molecular complexity index is 526. The normalized spacial score (nSPS) is 14.9. The molecule has 0 spiro atoms. The quantitative estimate of drug-likeness (QED) is 0.815. The van der Waals surface area contributed by atoms with Crippen LogP contribution in [0.2, 0.25) is 0 Å². The van der Waals surface area contributed by atoms with Crippen LogP contribution < -0.4 is 10.5 Å². The number of sulfonamides is 1. The minimum Gasteiger partial charge on any atom is -0.348 e. The smallest absolute Gasteiger partial charge is 0.238 e. The molecule has 2 atom stereocenters. The van der Waals surface area contributed by atoms with E-state index in [-0.39, 0.29) is 16.8 Å². The largest absolute Gasteiger partial charge is 0.348 e. The van der Waals surface area contributed by atoms with Crippen molar-refractivity contribution < 1.29 is 13.2 Å². The van der Waals surface area contributed by atoms with Crippen molar-refractivity contribution >= 4 is 27.5 Å². The average molecular weight is 291 g/mol. The summed E-state index contributed by atoms with van der Waals surface area (Å²) in [7, 11) is -3.69. The maximum Gasteiger partial charge on any atom is 0.238 e. The van der Waals surface area contributed by atoms with Crippen molar-refractivity contribution in [1.82, 2.24) is 5.32 Å². The van der Waals surface area contributed by atoms with Crippen molar-refractivity contribution in [2.75, 3.05) is 0 Å². The van der Waals surface area contributed by atoms with E-state index in [0.29, 0.717) is 0 Å². The number of hydrogen-bond acceptors (Lipinski definition) is 3. The van der Waals surface area contributed by atoms with E-state index in [0.717, 1.165) is 5.56 Å². The van der Waals surface area contributed by atoms with Crippen LogP contribution in [0.4, 0.5) is 0 Å². The molecule has 0 aromatic heterocycles. The van der Waals surface area contributed by atoms with Gasteiger partial charge in [0.2, 0.25) is 15.9 Å². The number of hydrogen-bond donors (Lipinski definition) is 2. The summed E-state index contributed by atoms with van der Waals surface area (Å²) in [5.74, 6) is -0.278. The molecule has 0 aliphatic carbocycles. The van der Waals surface area contributed by atoms with Crippen molar-refractivity contribution in [3.8, 4) is 0 Å². The summed E-state index contributed by atoms with van der Waals surface area (Å²) in [6.07, 6.45) is 0. The Morgan fingerprint density at radius 2 is 1.78 bits per heavy atom. The third kappa shape index (κ3) is 3.97. The molecule has 0 aliphatic heterocycles. The van der Waals surface area contributed by atoms with Crippen LogP contribution in [0.3, 0.4) is 0 Å². The Kier molecular flexibility index (Phi) is 4.72. The molecular weight excluding hydrogens is 276 g/mol. The fraction of sp³-hybridized carbons (Fsp3) is 0.364. The SMILES string of the molecule is C[C@@H](Cl)C(=O)N[C@H](C)c1ccc(S(N)(=O)=O)cc1. The van der Waals surface area contributed by atoms with Crippen LogP contribution >= 0.6 is 11.6 Å². The topological polar surface area (TPSA) is 89.3 Å². The Balaban J connectivity index is 2.83. The molecule has 1 aromatic rings. The summed E-state index contributed by atoms with van der Waals surface area (Å²) < 4.78 is 22.1. The molecule has 0 radical (unpaired) electrons. The second-order valence-corrected chi connectivity index (χ2v) is 6.18. The Hall–Kier alpha value is -1.11. The summed E-state index contributed by atoms with van der Waals surface area (Å²) in [5.41, 5.74) is 0.771. The number of rotatable bonds is 4. The van der Waals surface area contributed by atoms with Crippen LogP contribution in [0, 0.1) is 0 Å². The van der Waals surface area contributed by atoms with Gasteiger partial charge in [0.1, 0.15) is 5.38 Å². The number of nitrogens with two attached hydrogens (primary N) is 1. The maximum atomic E-state index is 11.4. The highest BCUT2D eigenvalue weighted by Gasteiger charge is 2.14. The highest BCUT2D eigenvalue weighted by molar-refractivity contribution is 7.89. The molecule has 5 nitrogen and oxygen atoms in total. The third-order valence-electron chi connectivity index (χ3n) is 2.43. The first-order valence-corrected chi connectivity index (χ1v) is 7.27. The van der Waals surface area contributed by atoms with Gasteiger partial charge in [-0.05, 0) is 31.5 Å². The van der Waals surface area contributed by atoms with E-state index in [1.54, 1.807) is 26.0 Å². The van der Waals surface area contributed by atoms with Crippen LogP contribution in [-0.4, -0.2) is 19.7 Å². The van der Waals surface area contributed by atoms with Gasteiger partial charge in [-0.2, -0.15) is 0 Å². The monoisotopic (exact) mass is 290 g/mol. The predicted octanol–water partition coefficient (Wildman–Crippen LogP) is 1.14. The molecule has 0 heterocycles. The zero-order valence-electron chi connectivity index (χ0n) is 10.1. The molecule has 3 N–H and O–H groups in total. The summed E-state index contributed by atoms with van der Waals surface area (Å²) in [6.45, 7) is 3.36. The standard InChI is InChI=1S/C11H15ClN2O3S/c1-7(12)11(15)14-8(2)9-3-5-10(6-4-9)18(13,16)17/h3-8H,1-2H3,(H,14,15)(H2,13,16,17)/t7-,8-/m1/s1. The molecule has 0 aliphatic rings. The minimum absolute atomic E-state index is 0.0375. The highest BCUT2D eigenvalue weighted by atomic mass is 35.5. The van der Waals surface area contributed by atoms with Gasteiger partial charge in [0, 0.05) is 0 Å². The fourth-order valence-electron chi connectivity index (χ4n) is 1.36. The fourth-order valence-corrected chi connectivity index (χ4v) is 1.94. The minimum atomic E-state index is -3.69. The number of nitrogens with one attached hydrogen (secondary N) is 1. The summed E-state index contributed by atoms with van der Waals surface area (Å²) in [5, 5.41) is 7.08. The first-order valence-electron chi connectivity index (χ1n) is 5.29. The van der Waals surface area contributed by atoms with Crippen molar-refractivity contribution in [1.29, 1.82) is 0 Å². The van der Waals surface area contributed by atoms with E-state index in [4.69, 9.17) is 16.7 Å². The summed E-state index contributed by atoms with van der Waals surface area (Å²) >= 11 is 5.64. The van der Waals surface area contributed by atoms with Gasteiger partial charge < -0.3 is 5.32 Å². The van der Waals surface area contributed by atoms with Gasteiger partial charge in [-0.25, -0.2) is 13.6 Å². The van der Waals surface area contributed by atoms with Crippen molar-refractivity contribution in [3.05, 3.63) is 29.8 Å². The number of halogens is 1. The van der Waals surface area contributed by atoms with E-state index < -0.39 is 15.4 Å². The lowest BCUT2D eigenvalue weighted by molar-refractivity contribution is -0.121. The number of primary sulfonamides is 1. The third-order valence-corrected chi connectivity index (χ3v) is 3.56. The molecule has 100 valence electrons. The Morgan fingerprint density at radius 1 is 1.28 bits per heavy atom. The summed E-state index contributed by atoms with van der Waals surface area (Å²) in [6, 6.07) is 5.75. The van der Waals surface area contributed by atoms with Crippen LogP contribution in [0.25, 0.3) is 0 Å². The number of carbonyl (C=O) groups is 1. The molecule has 1 rings (SSSR count). The van der Waals surface area contributed by atoms with Crippen molar-refractivity contribution in [2.45, 2.75) is 30.2 Å². The van der Waals surface area contributed by atoms with Crippen molar-refractivity contribution in [3.63, 3.8) is 0 Å². The van der Waals surface area contributed by atoms with E-state index >= 15 is 0 Å². The molecule has 1 amide bonds. The second kappa shape index (κ2) is 5.69. The van der Waals surface area contributed by atoms with E-state index in [1.165, 1.54) is 12.1 Å². The lowest BCUT2D eigenvalue weighted by Gasteiger charge is -2.15. The number of benzene rings is 1. The first kappa shape index (κ1) is 14.9. The molecule has 0 saturated heterocycles. The summed E-state index contributed by atoms with van der Waals surface area (Å²) in [4.78, 5) is 11.4. The van der Waals surface area contributed by atoms with Crippen LogP contribution in [0.1, 0.15) is 25.5 Å². The Morgan fingerprint density at radius 3 is 2.17 bits per heavy atom.